The van der Waals surface area contributed by atoms with E-state index < -0.39 is 5.41 Å². The SMILES string of the molecule is C=C1[C@@H](OO)CC=C[C@@]1(C)CO. The Labute approximate surface area is 71.9 Å². The summed E-state index contributed by atoms with van der Waals surface area (Å²) in [6, 6.07) is 0. The highest BCUT2D eigenvalue weighted by atomic mass is 17.1. The molecule has 0 aromatic rings. The molecule has 1 aliphatic carbocycles. The lowest BCUT2D eigenvalue weighted by atomic mass is 9.76. The monoisotopic (exact) mass is 170 g/mol. The molecule has 3 nitrogen and oxygen atoms in total. The van der Waals surface area contributed by atoms with Crippen LogP contribution in [0.2, 0.25) is 0 Å². The van der Waals surface area contributed by atoms with Crippen LogP contribution in [0.1, 0.15) is 13.3 Å². The van der Waals surface area contributed by atoms with Gasteiger partial charge in [-0.15, -0.1) is 0 Å². The number of rotatable bonds is 2. The van der Waals surface area contributed by atoms with Crippen molar-refractivity contribution in [2.24, 2.45) is 5.41 Å². The summed E-state index contributed by atoms with van der Waals surface area (Å²) in [7, 11) is 0. The van der Waals surface area contributed by atoms with Crippen LogP contribution in [0.5, 0.6) is 0 Å². The van der Waals surface area contributed by atoms with Crippen LogP contribution in [0.3, 0.4) is 0 Å². The van der Waals surface area contributed by atoms with E-state index in [1.807, 2.05) is 19.1 Å². The first-order valence-corrected chi connectivity index (χ1v) is 3.92. The molecule has 0 aromatic heterocycles. The van der Waals surface area contributed by atoms with E-state index in [-0.39, 0.29) is 12.7 Å². The summed E-state index contributed by atoms with van der Waals surface area (Å²) >= 11 is 0. The number of hydrogen-bond acceptors (Lipinski definition) is 3. The van der Waals surface area contributed by atoms with Gasteiger partial charge in [-0.2, -0.15) is 0 Å². The summed E-state index contributed by atoms with van der Waals surface area (Å²) in [5.74, 6) is 0. The predicted octanol–water partition coefficient (Wildman–Crippen LogP) is 1.36. The molecule has 0 heterocycles. The van der Waals surface area contributed by atoms with E-state index in [0.717, 1.165) is 5.57 Å². The minimum atomic E-state index is -0.453. The zero-order chi connectivity index (χ0) is 9.19. The lowest BCUT2D eigenvalue weighted by Crippen LogP contribution is -2.32. The maximum absolute atomic E-state index is 9.08. The van der Waals surface area contributed by atoms with Gasteiger partial charge in [0.25, 0.3) is 0 Å². The number of aliphatic hydroxyl groups excluding tert-OH is 1. The van der Waals surface area contributed by atoms with E-state index in [4.69, 9.17) is 10.4 Å². The molecule has 0 radical (unpaired) electrons. The van der Waals surface area contributed by atoms with Crippen LogP contribution in [0, 0.1) is 5.41 Å². The van der Waals surface area contributed by atoms with E-state index in [1.165, 1.54) is 0 Å². The van der Waals surface area contributed by atoms with Gasteiger partial charge in [0.15, 0.2) is 0 Å². The molecule has 0 unspecified atom stereocenters. The van der Waals surface area contributed by atoms with E-state index in [9.17, 15) is 0 Å². The molecule has 3 heteroatoms. The van der Waals surface area contributed by atoms with Crippen molar-refractivity contribution < 1.29 is 15.3 Å². The zero-order valence-electron chi connectivity index (χ0n) is 7.16. The lowest BCUT2D eigenvalue weighted by Gasteiger charge is -2.33. The maximum Gasteiger partial charge on any atom is 0.118 e. The Morgan fingerprint density at radius 3 is 3.00 bits per heavy atom. The highest BCUT2D eigenvalue weighted by Gasteiger charge is 2.32. The molecule has 0 aromatic carbocycles. The average Bonchev–Trinajstić information content (AvgIpc) is 2.10. The quantitative estimate of drug-likeness (QED) is 0.374. The topological polar surface area (TPSA) is 49.7 Å². The third-order valence-electron chi connectivity index (χ3n) is 2.41. The van der Waals surface area contributed by atoms with Gasteiger partial charge in [0.05, 0.1) is 6.61 Å². The van der Waals surface area contributed by atoms with Gasteiger partial charge >= 0.3 is 0 Å². The highest BCUT2D eigenvalue weighted by molar-refractivity contribution is 5.26. The molecule has 0 saturated heterocycles. The predicted molar refractivity (Wildman–Crippen MR) is 45.6 cm³/mol. The number of hydrogen-bond donors (Lipinski definition) is 2. The summed E-state index contributed by atoms with van der Waals surface area (Å²) in [6.45, 7) is 5.64. The van der Waals surface area contributed by atoms with Crippen LogP contribution in [-0.4, -0.2) is 23.1 Å². The van der Waals surface area contributed by atoms with Crippen LogP contribution < -0.4 is 0 Å². The second-order valence-electron chi connectivity index (χ2n) is 3.33. The smallest absolute Gasteiger partial charge is 0.118 e. The van der Waals surface area contributed by atoms with Crippen molar-refractivity contribution in [3.63, 3.8) is 0 Å². The van der Waals surface area contributed by atoms with Crippen molar-refractivity contribution in [1.29, 1.82) is 0 Å². The molecule has 0 bridgehead atoms. The van der Waals surface area contributed by atoms with Crippen molar-refractivity contribution in [1.82, 2.24) is 0 Å². The van der Waals surface area contributed by atoms with Crippen LogP contribution in [0.4, 0.5) is 0 Å². The second kappa shape index (κ2) is 3.39. The Kier molecular flexibility index (Phi) is 2.67. The zero-order valence-corrected chi connectivity index (χ0v) is 7.16. The van der Waals surface area contributed by atoms with E-state index in [1.54, 1.807) is 0 Å². The molecular formula is C9H14O3. The lowest BCUT2D eigenvalue weighted by molar-refractivity contribution is -0.270. The fourth-order valence-electron chi connectivity index (χ4n) is 1.33. The van der Waals surface area contributed by atoms with E-state index >= 15 is 0 Å². The molecule has 0 fully saturated rings. The molecule has 68 valence electrons. The van der Waals surface area contributed by atoms with Gasteiger partial charge in [-0.3, -0.25) is 5.26 Å². The Bertz CT molecular complexity index is 210. The maximum atomic E-state index is 9.08. The third-order valence-corrected chi connectivity index (χ3v) is 2.41. The average molecular weight is 170 g/mol. The first-order chi connectivity index (χ1) is 5.64. The van der Waals surface area contributed by atoms with Gasteiger partial charge < -0.3 is 5.11 Å². The molecule has 0 saturated carbocycles. The number of aliphatic hydroxyl groups is 1. The first-order valence-electron chi connectivity index (χ1n) is 3.92. The van der Waals surface area contributed by atoms with Gasteiger partial charge in [0.2, 0.25) is 0 Å². The summed E-state index contributed by atoms with van der Waals surface area (Å²) < 4.78 is 0. The second-order valence-corrected chi connectivity index (χ2v) is 3.33. The van der Waals surface area contributed by atoms with Crippen molar-refractivity contribution in [3.8, 4) is 0 Å². The van der Waals surface area contributed by atoms with Crippen LogP contribution >= 0.6 is 0 Å². The fraction of sp³-hybridized carbons (Fsp3) is 0.556. The Balaban J connectivity index is 2.85. The fourth-order valence-corrected chi connectivity index (χ4v) is 1.33. The first kappa shape index (κ1) is 9.45. The van der Waals surface area contributed by atoms with Crippen LogP contribution in [-0.2, 0) is 4.89 Å². The Hall–Kier alpha value is -0.640. The molecule has 2 atom stereocenters. The minimum absolute atomic E-state index is 0.0117. The molecule has 12 heavy (non-hydrogen) atoms. The molecule has 0 spiro atoms. The molecular weight excluding hydrogens is 156 g/mol. The van der Waals surface area contributed by atoms with Gasteiger partial charge in [-0.1, -0.05) is 25.7 Å². The molecule has 1 aliphatic rings. The van der Waals surface area contributed by atoms with E-state index in [2.05, 4.69) is 11.5 Å². The normalized spacial score (nSPS) is 35.6. The third kappa shape index (κ3) is 1.43. The molecule has 1 rings (SSSR count). The van der Waals surface area contributed by atoms with Gasteiger partial charge in [0.1, 0.15) is 6.10 Å². The van der Waals surface area contributed by atoms with Gasteiger partial charge in [0, 0.05) is 5.41 Å². The molecule has 0 aliphatic heterocycles. The standard InChI is InChI=1S/C9H14O3/c1-7-8(12-11)4-3-5-9(7,2)6-10/h3,5,8,10-11H,1,4,6H2,2H3/t8-,9-/m0/s1. The Morgan fingerprint density at radius 1 is 1.83 bits per heavy atom. The molecule has 0 amide bonds. The summed E-state index contributed by atoms with van der Waals surface area (Å²) in [5.41, 5.74) is 0.265. The van der Waals surface area contributed by atoms with Crippen LogP contribution in [0.15, 0.2) is 24.3 Å². The van der Waals surface area contributed by atoms with Crippen molar-refractivity contribution >= 4 is 0 Å². The summed E-state index contributed by atoms with van der Waals surface area (Å²) in [5, 5.41) is 17.6. The highest BCUT2D eigenvalue weighted by Crippen LogP contribution is 2.35. The Morgan fingerprint density at radius 2 is 2.50 bits per heavy atom. The summed E-state index contributed by atoms with van der Waals surface area (Å²) in [4.78, 5) is 4.24. The van der Waals surface area contributed by atoms with E-state index in [0.29, 0.717) is 6.42 Å². The van der Waals surface area contributed by atoms with Crippen molar-refractivity contribution in [2.75, 3.05) is 6.61 Å². The largest absolute Gasteiger partial charge is 0.395 e. The van der Waals surface area contributed by atoms with Crippen molar-refractivity contribution in [2.45, 2.75) is 19.4 Å². The minimum Gasteiger partial charge on any atom is -0.395 e. The van der Waals surface area contributed by atoms with Crippen molar-refractivity contribution in [3.05, 3.63) is 24.3 Å². The van der Waals surface area contributed by atoms with Gasteiger partial charge in [-0.05, 0) is 12.0 Å². The van der Waals surface area contributed by atoms with Crippen LogP contribution in [0.25, 0.3) is 0 Å². The molecule has 2 N–H and O–H groups in total. The van der Waals surface area contributed by atoms with Gasteiger partial charge in [-0.25, -0.2) is 4.89 Å². The summed E-state index contributed by atoms with van der Waals surface area (Å²) in [6.07, 6.45) is 4.01.